The Balaban J connectivity index is 1.21. The standard InChI is InChI=1S/C36H54N2O4/c1-35(2,3)15-11-24-21-25-22-31(42-34(40)38-19-13-26(14-20-38)37-17-7-6-8-18-37)30(41-5)23-28(25)27-12-16-36(4)29(33(24)27)9-10-32(36)39/h22-24,26-27,29,33H,6-21H2,1-5H3. The third-order valence-electron chi connectivity index (χ3n) is 12.0. The molecule has 6 heteroatoms. The molecule has 0 radical (unpaired) electrons. The average molecular weight is 579 g/mol. The molecule has 0 spiro atoms. The summed E-state index contributed by atoms with van der Waals surface area (Å²) in [6.45, 7) is 13.2. The van der Waals surface area contributed by atoms with Crippen molar-refractivity contribution in [2.75, 3.05) is 33.3 Å². The van der Waals surface area contributed by atoms with Crippen LogP contribution in [0.2, 0.25) is 0 Å². The van der Waals surface area contributed by atoms with Crippen LogP contribution in [0.15, 0.2) is 12.1 Å². The van der Waals surface area contributed by atoms with E-state index in [1.165, 1.54) is 56.3 Å². The molecule has 0 bridgehead atoms. The van der Waals surface area contributed by atoms with E-state index in [9.17, 15) is 9.59 Å². The van der Waals surface area contributed by atoms with Crippen molar-refractivity contribution in [2.24, 2.45) is 28.6 Å². The normalized spacial score (nSPS) is 32.2. The minimum Gasteiger partial charge on any atom is -0.493 e. The van der Waals surface area contributed by atoms with Crippen LogP contribution in [-0.2, 0) is 11.2 Å². The number of fused-ring (bicyclic) bond motifs is 5. The fourth-order valence-electron chi connectivity index (χ4n) is 9.55. The van der Waals surface area contributed by atoms with Crippen molar-refractivity contribution in [3.05, 3.63) is 23.3 Å². The van der Waals surface area contributed by atoms with E-state index < -0.39 is 0 Å². The van der Waals surface area contributed by atoms with Gasteiger partial charge in [-0.15, -0.1) is 0 Å². The summed E-state index contributed by atoms with van der Waals surface area (Å²) in [5, 5.41) is 0. The number of ether oxygens (including phenoxy) is 2. The lowest BCUT2D eigenvalue weighted by Crippen LogP contribution is -2.48. The van der Waals surface area contributed by atoms with Gasteiger partial charge in [-0.2, -0.15) is 0 Å². The molecule has 3 aliphatic carbocycles. The maximum Gasteiger partial charge on any atom is 0.415 e. The molecule has 42 heavy (non-hydrogen) atoms. The molecule has 232 valence electrons. The molecule has 1 aromatic carbocycles. The van der Waals surface area contributed by atoms with Crippen molar-refractivity contribution in [1.82, 2.24) is 9.80 Å². The number of hydrogen-bond acceptors (Lipinski definition) is 5. The van der Waals surface area contributed by atoms with Crippen LogP contribution in [0.4, 0.5) is 4.79 Å². The van der Waals surface area contributed by atoms with Gasteiger partial charge in [0.05, 0.1) is 7.11 Å². The number of ketones is 1. The third kappa shape index (κ3) is 5.74. The number of hydrogen-bond donors (Lipinski definition) is 0. The van der Waals surface area contributed by atoms with Gasteiger partial charge in [0.25, 0.3) is 0 Å². The monoisotopic (exact) mass is 578 g/mol. The summed E-state index contributed by atoms with van der Waals surface area (Å²) in [4.78, 5) is 31.0. The average Bonchev–Trinajstić information content (AvgIpc) is 3.29. The molecule has 5 unspecified atom stereocenters. The first kappa shape index (κ1) is 30.0. The number of methoxy groups -OCH3 is 1. The molecule has 1 amide bonds. The highest BCUT2D eigenvalue weighted by Crippen LogP contribution is 2.62. The first-order valence-corrected chi connectivity index (χ1v) is 17.0. The van der Waals surface area contributed by atoms with Crippen molar-refractivity contribution in [1.29, 1.82) is 0 Å². The van der Waals surface area contributed by atoms with Crippen molar-refractivity contribution >= 4 is 11.9 Å². The number of carbonyl (C=O) groups is 2. The van der Waals surface area contributed by atoms with Gasteiger partial charge < -0.3 is 19.3 Å². The Bertz CT molecular complexity index is 1160. The Morgan fingerprint density at radius 3 is 2.43 bits per heavy atom. The number of nitrogens with zero attached hydrogens (tertiary/aromatic N) is 2. The Hall–Kier alpha value is -2.08. The zero-order valence-corrected chi connectivity index (χ0v) is 26.9. The number of benzene rings is 1. The Kier molecular flexibility index (Phi) is 8.41. The highest BCUT2D eigenvalue weighted by Gasteiger charge is 2.57. The molecule has 6 rings (SSSR count). The first-order valence-electron chi connectivity index (χ1n) is 17.0. The van der Waals surface area contributed by atoms with Crippen LogP contribution in [0.25, 0.3) is 0 Å². The fourth-order valence-corrected chi connectivity index (χ4v) is 9.55. The Morgan fingerprint density at radius 2 is 1.74 bits per heavy atom. The SMILES string of the molecule is COc1cc2c(cc1OC(=O)N1CCC(N3CCCCC3)CC1)CC(CCC(C)(C)C)C1C2CCC2(C)C(=O)CCC12. The van der Waals surface area contributed by atoms with Crippen LogP contribution in [0, 0.1) is 28.6 Å². The van der Waals surface area contributed by atoms with E-state index in [1.807, 2.05) is 4.90 Å². The zero-order valence-electron chi connectivity index (χ0n) is 26.9. The van der Waals surface area contributed by atoms with Gasteiger partial charge in [0.15, 0.2) is 11.5 Å². The zero-order chi connectivity index (χ0) is 29.6. The van der Waals surface area contributed by atoms with Gasteiger partial charge in [0, 0.05) is 31.0 Å². The maximum absolute atomic E-state index is 13.4. The topological polar surface area (TPSA) is 59.1 Å². The smallest absolute Gasteiger partial charge is 0.415 e. The van der Waals surface area contributed by atoms with Gasteiger partial charge in [0.1, 0.15) is 5.78 Å². The second-order valence-corrected chi connectivity index (χ2v) is 15.7. The van der Waals surface area contributed by atoms with E-state index in [0.29, 0.717) is 47.0 Å². The molecular formula is C36H54N2O4. The third-order valence-corrected chi connectivity index (χ3v) is 12.0. The highest BCUT2D eigenvalue weighted by molar-refractivity contribution is 5.87. The van der Waals surface area contributed by atoms with Crippen molar-refractivity contribution in [3.8, 4) is 11.5 Å². The molecule has 2 saturated heterocycles. The molecule has 1 aromatic rings. The molecular weight excluding hydrogens is 524 g/mol. The largest absolute Gasteiger partial charge is 0.493 e. The molecule has 4 fully saturated rings. The molecule has 5 atom stereocenters. The number of likely N-dealkylation sites (tertiary alicyclic amines) is 2. The minimum atomic E-state index is -0.249. The highest BCUT2D eigenvalue weighted by atomic mass is 16.6. The summed E-state index contributed by atoms with van der Waals surface area (Å²) in [6.07, 6.45) is 12.9. The van der Waals surface area contributed by atoms with Crippen LogP contribution in [0.3, 0.4) is 0 Å². The maximum atomic E-state index is 13.4. The lowest BCUT2D eigenvalue weighted by Gasteiger charge is -2.52. The molecule has 2 heterocycles. The van der Waals surface area contributed by atoms with Crippen LogP contribution in [-0.4, -0.2) is 61.0 Å². The number of rotatable bonds is 5. The van der Waals surface area contributed by atoms with Gasteiger partial charge in [-0.3, -0.25) is 4.79 Å². The molecule has 0 aromatic heterocycles. The minimum absolute atomic E-state index is 0.153. The second kappa shape index (κ2) is 11.8. The van der Waals surface area contributed by atoms with E-state index >= 15 is 0 Å². The first-order chi connectivity index (χ1) is 20.1. The van der Waals surface area contributed by atoms with E-state index in [4.69, 9.17) is 9.47 Å². The number of amides is 1. The number of piperidine rings is 2. The predicted molar refractivity (Wildman–Crippen MR) is 166 cm³/mol. The van der Waals surface area contributed by atoms with Crippen LogP contribution >= 0.6 is 0 Å². The Labute approximate surface area is 253 Å². The number of Topliss-reactive ketones (excluding diaryl/α,β-unsaturated/α-hetero) is 1. The van der Waals surface area contributed by atoms with E-state index in [1.54, 1.807) is 7.11 Å². The van der Waals surface area contributed by atoms with Gasteiger partial charge in [-0.05, 0) is 130 Å². The molecule has 2 saturated carbocycles. The molecule has 0 N–H and O–H groups in total. The quantitative estimate of drug-likeness (QED) is 0.360. The van der Waals surface area contributed by atoms with Crippen LogP contribution in [0.5, 0.6) is 11.5 Å². The number of carbonyl (C=O) groups excluding carboxylic acids is 2. The lowest BCUT2D eigenvalue weighted by atomic mass is 9.52. The van der Waals surface area contributed by atoms with Crippen LogP contribution in [0.1, 0.15) is 115 Å². The predicted octanol–water partition coefficient (Wildman–Crippen LogP) is 7.62. The lowest BCUT2D eigenvalue weighted by molar-refractivity contribution is -0.130. The summed E-state index contributed by atoms with van der Waals surface area (Å²) in [7, 11) is 1.68. The second-order valence-electron chi connectivity index (χ2n) is 15.7. The van der Waals surface area contributed by atoms with Gasteiger partial charge in [-0.1, -0.05) is 34.1 Å². The summed E-state index contributed by atoms with van der Waals surface area (Å²) in [6, 6.07) is 4.90. The molecule has 5 aliphatic rings. The van der Waals surface area contributed by atoms with Gasteiger partial charge >= 0.3 is 6.09 Å². The summed E-state index contributed by atoms with van der Waals surface area (Å²) in [5.74, 6) is 3.70. The van der Waals surface area contributed by atoms with E-state index in [0.717, 1.165) is 58.0 Å². The van der Waals surface area contributed by atoms with Gasteiger partial charge in [0.2, 0.25) is 0 Å². The Morgan fingerprint density at radius 1 is 1.00 bits per heavy atom. The van der Waals surface area contributed by atoms with Crippen molar-refractivity contribution in [3.63, 3.8) is 0 Å². The van der Waals surface area contributed by atoms with Crippen LogP contribution < -0.4 is 9.47 Å². The van der Waals surface area contributed by atoms with Gasteiger partial charge in [-0.25, -0.2) is 4.79 Å². The summed E-state index contributed by atoms with van der Waals surface area (Å²) in [5.41, 5.74) is 2.81. The summed E-state index contributed by atoms with van der Waals surface area (Å²) >= 11 is 0. The fraction of sp³-hybridized carbons (Fsp3) is 0.778. The molecule has 2 aliphatic heterocycles. The van der Waals surface area contributed by atoms with Crippen molar-refractivity contribution in [2.45, 2.75) is 117 Å². The molecule has 6 nitrogen and oxygen atoms in total. The van der Waals surface area contributed by atoms with E-state index in [-0.39, 0.29) is 16.9 Å². The van der Waals surface area contributed by atoms with Crippen molar-refractivity contribution < 1.29 is 19.1 Å². The van der Waals surface area contributed by atoms with E-state index in [2.05, 4.69) is 44.7 Å². The summed E-state index contributed by atoms with van der Waals surface area (Å²) < 4.78 is 12.0.